The highest BCUT2D eigenvalue weighted by Gasteiger charge is 2.07. The highest BCUT2D eigenvalue weighted by molar-refractivity contribution is 6.31. The van der Waals surface area contributed by atoms with Crippen LogP contribution in [0.15, 0.2) is 12.1 Å². The average molecular weight is 215 g/mol. The largest absolute Gasteiger partial charge is 0.496 e. The van der Waals surface area contributed by atoms with Crippen molar-refractivity contribution in [2.75, 3.05) is 7.11 Å². The number of hydrogen-bond donors (Lipinski definition) is 0. The summed E-state index contributed by atoms with van der Waals surface area (Å²) in [4.78, 5) is 10.5. The Hall–Kier alpha value is -1.02. The quantitative estimate of drug-likeness (QED) is 0.705. The van der Waals surface area contributed by atoms with Crippen LogP contribution in [0.4, 0.5) is 0 Å². The normalized spacial score (nSPS) is 8.64. The van der Waals surface area contributed by atoms with Gasteiger partial charge >= 0.3 is 0 Å². The van der Waals surface area contributed by atoms with Crippen LogP contribution in [0.2, 0.25) is 5.02 Å². The molecule has 0 unspecified atom stereocenters. The molecular weight excluding hydrogens is 200 g/mol. The van der Waals surface area contributed by atoms with Gasteiger partial charge in [-0.3, -0.25) is 4.79 Å². The van der Waals surface area contributed by atoms with Crippen LogP contribution in [0.5, 0.6) is 5.75 Å². The van der Waals surface area contributed by atoms with Crippen molar-refractivity contribution in [3.63, 3.8) is 0 Å². The molecule has 0 spiro atoms. The summed E-state index contributed by atoms with van der Waals surface area (Å²) >= 11 is 5.83. The molecule has 1 aromatic carbocycles. The standard InChI is InChI=1S/C9H9ClO2.C2H6/c1-6-8(10)4-3-7(5-11)9(6)12-2;1-2/h3-5H,1-2H3;1-2H3. The maximum absolute atomic E-state index is 10.5. The second-order valence-corrected chi connectivity index (χ2v) is 2.82. The van der Waals surface area contributed by atoms with Gasteiger partial charge in [0.25, 0.3) is 0 Å². The molecule has 0 aliphatic rings. The Morgan fingerprint density at radius 2 is 1.93 bits per heavy atom. The van der Waals surface area contributed by atoms with Crippen LogP contribution in [-0.4, -0.2) is 13.4 Å². The summed E-state index contributed by atoms with van der Waals surface area (Å²) in [5, 5.41) is 0.609. The van der Waals surface area contributed by atoms with Crippen molar-refractivity contribution in [1.82, 2.24) is 0 Å². The number of benzene rings is 1. The van der Waals surface area contributed by atoms with Crippen LogP contribution in [0, 0.1) is 6.92 Å². The minimum atomic E-state index is 0.527. The molecule has 0 radical (unpaired) electrons. The monoisotopic (exact) mass is 214 g/mol. The van der Waals surface area contributed by atoms with Crippen molar-refractivity contribution in [1.29, 1.82) is 0 Å². The van der Waals surface area contributed by atoms with Crippen molar-refractivity contribution >= 4 is 17.9 Å². The van der Waals surface area contributed by atoms with Gasteiger partial charge in [0, 0.05) is 10.6 Å². The lowest BCUT2D eigenvalue weighted by atomic mass is 10.1. The molecule has 0 aliphatic heterocycles. The minimum absolute atomic E-state index is 0.527. The van der Waals surface area contributed by atoms with E-state index in [1.807, 2.05) is 20.8 Å². The molecule has 0 bridgehead atoms. The van der Waals surface area contributed by atoms with Crippen molar-refractivity contribution in [3.05, 3.63) is 28.3 Å². The van der Waals surface area contributed by atoms with Crippen LogP contribution in [-0.2, 0) is 0 Å². The molecule has 0 saturated heterocycles. The Balaban J connectivity index is 0.000000791. The average Bonchev–Trinajstić information content (AvgIpc) is 2.24. The number of aldehydes is 1. The first-order valence-electron chi connectivity index (χ1n) is 4.49. The first-order chi connectivity index (χ1) is 6.70. The van der Waals surface area contributed by atoms with Crippen molar-refractivity contribution in [3.8, 4) is 5.75 Å². The van der Waals surface area contributed by atoms with Crippen LogP contribution in [0.1, 0.15) is 29.8 Å². The van der Waals surface area contributed by atoms with E-state index < -0.39 is 0 Å². The lowest BCUT2D eigenvalue weighted by Crippen LogP contribution is -1.93. The molecule has 78 valence electrons. The predicted octanol–water partition coefficient (Wildman–Crippen LogP) is 3.50. The lowest BCUT2D eigenvalue weighted by Gasteiger charge is -2.07. The molecule has 0 aliphatic carbocycles. The number of carbonyl (C=O) groups excluding carboxylic acids is 1. The van der Waals surface area contributed by atoms with E-state index in [9.17, 15) is 4.79 Å². The zero-order valence-corrected chi connectivity index (χ0v) is 9.68. The molecule has 0 fully saturated rings. The lowest BCUT2D eigenvalue weighted by molar-refractivity contribution is 0.112. The molecule has 0 atom stereocenters. The summed E-state index contributed by atoms with van der Waals surface area (Å²) < 4.78 is 5.03. The molecular formula is C11H15ClO2. The third-order valence-corrected chi connectivity index (χ3v) is 2.11. The highest BCUT2D eigenvalue weighted by atomic mass is 35.5. The second-order valence-electron chi connectivity index (χ2n) is 2.41. The first kappa shape index (κ1) is 13.0. The maximum Gasteiger partial charge on any atom is 0.153 e. The number of carbonyl (C=O) groups is 1. The van der Waals surface area contributed by atoms with Crippen LogP contribution < -0.4 is 4.74 Å². The summed E-state index contributed by atoms with van der Waals surface area (Å²) in [6, 6.07) is 3.32. The van der Waals surface area contributed by atoms with Crippen LogP contribution in [0.25, 0.3) is 0 Å². The zero-order chi connectivity index (χ0) is 11.1. The van der Waals surface area contributed by atoms with E-state index in [4.69, 9.17) is 16.3 Å². The number of ether oxygens (including phenoxy) is 1. The Labute approximate surface area is 89.8 Å². The van der Waals surface area contributed by atoms with Gasteiger partial charge in [-0.05, 0) is 19.1 Å². The SMILES string of the molecule is CC.COc1c(C=O)ccc(Cl)c1C. The van der Waals surface area contributed by atoms with E-state index in [2.05, 4.69) is 0 Å². The highest BCUT2D eigenvalue weighted by Crippen LogP contribution is 2.28. The third kappa shape index (κ3) is 2.74. The summed E-state index contributed by atoms with van der Waals surface area (Å²) in [5.41, 5.74) is 1.32. The molecule has 3 heteroatoms. The zero-order valence-electron chi connectivity index (χ0n) is 8.93. The van der Waals surface area contributed by atoms with Crippen molar-refractivity contribution in [2.24, 2.45) is 0 Å². The van der Waals surface area contributed by atoms with E-state index in [-0.39, 0.29) is 0 Å². The third-order valence-electron chi connectivity index (χ3n) is 1.70. The number of rotatable bonds is 2. The molecule has 0 heterocycles. The van der Waals surface area contributed by atoms with Gasteiger partial charge in [0.2, 0.25) is 0 Å². The fraction of sp³-hybridized carbons (Fsp3) is 0.364. The fourth-order valence-electron chi connectivity index (χ4n) is 1.05. The molecule has 0 saturated carbocycles. The summed E-state index contributed by atoms with van der Waals surface area (Å²) in [7, 11) is 1.52. The van der Waals surface area contributed by atoms with E-state index in [0.717, 1.165) is 11.8 Å². The maximum atomic E-state index is 10.5. The molecule has 0 amide bonds. The van der Waals surface area contributed by atoms with E-state index in [1.165, 1.54) is 7.11 Å². The fourth-order valence-corrected chi connectivity index (χ4v) is 1.20. The van der Waals surface area contributed by atoms with Gasteiger partial charge in [-0.15, -0.1) is 0 Å². The summed E-state index contributed by atoms with van der Waals surface area (Å²) in [6.45, 7) is 5.81. The molecule has 1 rings (SSSR count). The van der Waals surface area contributed by atoms with Gasteiger partial charge in [0.1, 0.15) is 5.75 Å². The molecule has 2 nitrogen and oxygen atoms in total. The van der Waals surface area contributed by atoms with E-state index in [1.54, 1.807) is 12.1 Å². The van der Waals surface area contributed by atoms with Gasteiger partial charge < -0.3 is 4.74 Å². The number of methoxy groups -OCH3 is 1. The van der Waals surface area contributed by atoms with E-state index in [0.29, 0.717) is 16.3 Å². The Morgan fingerprint density at radius 3 is 2.36 bits per heavy atom. The molecule has 1 aromatic rings. The molecule has 0 N–H and O–H groups in total. The number of halogens is 1. The van der Waals surface area contributed by atoms with Crippen LogP contribution >= 0.6 is 11.6 Å². The van der Waals surface area contributed by atoms with Crippen molar-refractivity contribution in [2.45, 2.75) is 20.8 Å². The van der Waals surface area contributed by atoms with Gasteiger partial charge in [0.05, 0.1) is 12.7 Å². The van der Waals surface area contributed by atoms with Gasteiger partial charge in [0.15, 0.2) is 6.29 Å². The second kappa shape index (κ2) is 6.44. The Bertz CT molecular complexity index is 308. The number of hydrogen-bond acceptors (Lipinski definition) is 2. The van der Waals surface area contributed by atoms with Gasteiger partial charge in [-0.1, -0.05) is 25.4 Å². The Morgan fingerprint density at radius 1 is 1.36 bits per heavy atom. The van der Waals surface area contributed by atoms with Crippen molar-refractivity contribution < 1.29 is 9.53 Å². The first-order valence-corrected chi connectivity index (χ1v) is 4.86. The van der Waals surface area contributed by atoms with Gasteiger partial charge in [-0.25, -0.2) is 0 Å². The van der Waals surface area contributed by atoms with Crippen LogP contribution in [0.3, 0.4) is 0 Å². The molecule has 0 aromatic heterocycles. The van der Waals surface area contributed by atoms with Gasteiger partial charge in [-0.2, -0.15) is 0 Å². The minimum Gasteiger partial charge on any atom is -0.496 e. The molecule has 14 heavy (non-hydrogen) atoms. The topological polar surface area (TPSA) is 26.3 Å². The Kier molecular flexibility index (Phi) is 5.97. The summed E-state index contributed by atoms with van der Waals surface area (Å²) in [6.07, 6.45) is 0.752. The smallest absolute Gasteiger partial charge is 0.153 e. The summed E-state index contributed by atoms with van der Waals surface area (Å²) in [5.74, 6) is 0.553. The predicted molar refractivity (Wildman–Crippen MR) is 59.5 cm³/mol. The van der Waals surface area contributed by atoms with E-state index >= 15 is 0 Å².